The van der Waals surface area contributed by atoms with Crippen LogP contribution in [0, 0.1) is 12.3 Å². The van der Waals surface area contributed by atoms with E-state index in [1.807, 2.05) is 12.1 Å². The third-order valence-corrected chi connectivity index (χ3v) is 5.45. The second-order valence-electron chi connectivity index (χ2n) is 4.48. The molecule has 1 unspecified atom stereocenters. The standard InChI is InChI=1S/C15H20ClIN/c1-4-11-18(5-2,6-3)15(17)12-13-7-9-14(16)10-8-13/h1,7-10,15H,5-6,11-12H2,2-3H3/q+1. The van der Waals surface area contributed by atoms with Gasteiger partial charge in [0, 0.05) is 11.4 Å². The van der Waals surface area contributed by atoms with Gasteiger partial charge in [-0.25, -0.2) is 0 Å². The third-order valence-electron chi connectivity index (χ3n) is 3.58. The largest absolute Gasteiger partial charge is 0.303 e. The molecule has 0 spiro atoms. The highest BCUT2D eigenvalue weighted by atomic mass is 127. The van der Waals surface area contributed by atoms with Crippen LogP contribution in [0.2, 0.25) is 5.02 Å². The lowest BCUT2D eigenvalue weighted by Gasteiger charge is -2.39. The van der Waals surface area contributed by atoms with E-state index >= 15 is 0 Å². The Balaban J connectivity index is 2.81. The summed E-state index contributed by atoms with van der Waals surface area (Å²) in [5, 5.41) is 0.791. The van der Waals surface area contributed by atoms with Crippen LogP contribution in [0.1, 0.15) is 19.4 Å². The van der Waals surface area contributed by atoms with E-state index < -0.39 is 0 Å². The normalized spacial score (nSPS) is 13.1. The van der Waals surface area contributed by atoms with Crippen LogP contribution in [0.15, 0.2) is 24.3 Å². The summed E-state index contributed by atoms with van der Waals surface area (Å²) in [6.45, 7) is 7.38. The summed E-state index contributed by atoms with van der Waals surface area (Å²) < 4.78 is 1.47. The van der Waals surface area contributed by atoms with Gasteiger partial charge < -0.3 is 4.48 Å². The first-order valence-electron chi connectivity index (χ1n) is 6.25. The van der Waals surface area contributed by atoms with Crippen molar-refractivity contribution in [2.75, 3.05) is 19.6 Å². The predicted octanol–water partition coefficient (Wildman–Crippen LogP) is 4.13. The van der Waals surface area contributed by atoms with E-state index in [2.05, 4.69) is 54.5 Å². The molecule has 1 atom stereocenters. The molecule has 0 N–H and O–H groups in total. The number of hydrogen-bond donors (Lipinski definition) is 0. The Bertz CT molecular complexity index is 403. The number of halogens is 2. The maximum atomic E-state index is 5.91. The highest BCUT2D eigenvalue weighted by Gasteiger charge is 2.30. The molecule has 0 aliphatic heterocycles. The zero-order chi connectivity index (χ0) is 13.6. The number of alkyl halides is 1. The van der Waals surface area contributed by atoms with Crippen molar-refractivity contribution in [1.29, 1.82) is 0 Å². The number of quaternary nitrogens is 1. The van der Waals surface area contributed by atoms with Crippen molar-refractivity contribution in [3.05, 3.63) is 34.9 Å². The number of terminal acetylenes is 1. The number of likely N-dealkylation sites (N-methyl/N-ethyl adjacent to an activating group) is 1. The van der Waals surface area contributed by atoms with Crippen molar-refractivity contribution in [3.8, 4) is 12.3 Å². The number of nitrogens with zero attached hydrogens (tertiary/aromatic N) is 1. The molecule has 0 aliphatic carbocycles. The molecule has 1 rings (SSSR count). The van der Waals surface area contributed by atoms with E-state index in [1.165, 1.54) is 5.56 Å². The van der Waals surface area contributed by atoms with E-state index in [-0.39, 0.29) is 0 Å². The molecule has 1 aromatic carbocycles. The lowest BCUT2D eigenvalue weighted by atomic mass is 10.1. The molecule has 0 saturated heterocycles. The van der Waals surface area contributed by atoms with E-state index in [4.69, 9.17) is 18.0 Å². The molecule has 0 aromatic heterocycles. The topological polar surface area (TPSA) is 0 Å². The van der Waals surface area contributed by atoms with Gasteiger partial charge in [-0.1, -0.05) is 23.7 Å². The highest BCUT2D eigenvalue weighted by Crippen LogP contribution is 2.24. The minimum Gasteiger partial charge on any atom is -0.303 e. The summed E-state index contributed by atoms with van der Waals surface area (Å²) >= 11 is 8.45. The van der Waals surface area contributed by atoms with Gasteiger partial charge in [0.15, 0.2) is 0 Å². The van der Waals surface area contributed by atoms with Gasteiger partial charge >= 0.3 is 0 Å². The summed E-state index contributed by atoms with van der Waals surface area (Å²) in [4.78, 5) is 0. The molecular weight excluding hydrogens is 357 g/mol. The average Bonchev–Trinajstić information content (AvgIpc) is 2.38. The van der Waals surface area contributed by atoms with E-state index in [0.29, 0.717) is 4.05 Å². The Morgan fingerprint density at radius 1 is 1.28 bits per heavy atom. The van der Waals surface area contributed by atoms with E-state index in [1.54, 1.807) is 0 Å². The van der Waals surface area contributed by atoms with Crippen molar-refractivity contribution in [2.24, 2.45) is 0 Å². The van der Waals surface area contributed by atoms with Gasteiger partial charge in [0.05, 0.1) is 13.1 Å². The first kappa shape index (κ1) is 15.8. The van der Waals surface area contributed by atoms with Crippen molar-refractivity contribution in [1.82, 2.24) is 0 Å². The van der Waals surface area contributed by atoms with Crippen molar-refractivity contribution in [3.63, 3.8) is 0 Å². The van der Waals surface area contributed by atoms with E-state index in [0.717, 1.165) is 35.6 Å². The molecule has 0 fully saturated rings. The first-order valence-corrected chi connectivity index (χ1v) is 7.88. The van der Waals surface area contributed by atoms with Crippen LogP contribution in [0.3, 0.4) is 0 Å². The summed E-state index contributed by atoms with van der Waals surface area (Å²) in [6.07, 6.45) is 6.56. The Morgan fingerprint density at radius 3 is 2.28 bits per heavy atom. The third kappa shape index (κ3) is 3.88. The molecule has 0 aliphatic rings. The molecule has 18 heavy (non-hydrogen) atoms. The van der Waals surface area contributed by atoms with Crippen LogP contribution in [-0.4, -0.2) is 28.2 Å². The molecule has 0 heterocycles. The number of benzene rings is 1. The monoisotopic (exact) mass is 376 g/mol. The fourth-order valence-electron chi connectivity index (χ4n) is 2.13. The fourth-order valence-corrected chi connectivity index (χ4v) is 3.75. The molecule has 0 amide bonds. The second kappa shape index (κ2) is 7.37. The maximum Gasteiger partial charge on any atom is 0.144 e. The smallest absolute Gasteiger partial charge is 0.144 e. The van der Waals surface area contributed by atoms with Crippen LogP contribution in [0.5, 0.6) is 0 Å². The van der Waals surface area contributed by atoms with Gasteiger partial charge in [-0.3, -0.25) is 0 Å². The van der Waals surface area contributed by atoms with Gasteiger partial charge in [0.2, 0.25) is 0 Å². The van der Waals surface area contributed by atoms with Gasteiger partial charge in [0.25, 0.3) is 0 Å². The average molecular weight is 377 g/mol. The van der Waals surface area contributed by atoms with Gasteiger partial charge in [-0.15, -0.1) is 6.42 Å². The summed E-state index contributed by atoms with van der Waals surface area (Å²) in [7, 11) is 0. The molecular formula is C15H20ClIN+. The van der Waals surface area contributed by atoms with Crippen molar-refractivity contribution < 1.29 is 4.48 Å². The molecule has 1 nitrogen and oxygen atoms in total. The summed E-state index contributed by atoms with van der Waals surface area (Å²) in [5.41, 5.74) is 1.32. The first-order chi connectivity index (χ1) is 8.57. The summed E-state index contributed by atoms with van der Waals surface area (Å²) in [6, 6.07) is 8.11. The molecule has 0 bridgehead atoms. The summed E-state index contributed by atoms with van der Waals surface area (Å²) in [5.74, 6) is 2.83. The Morgan fingerprint density at radius 2 is 1.83 bits per heavy atom. The lowest BCUT2D eigenvalue weighted by molar-refractivity contribution is -0.923. The van der Waals surface area contributed by atoms with Crippen molar-refractivity contribution >= 4 is 34.2 Å². The van der Waals surface area contributed by atoms with E-state index in [9.17, 15) is 0 Å². The second-order valence-corrected chi connectivity index (χ2v) is 6.35. The van der Waals surface area contributed by atoms with Crippen LogP contribution in [0.25, 0.3) is 0 Å². The van der Waals surface area contributed by atoms with Crippen LogP contribution < -0.4 is 0 Å². The molecule has 3 heteroatoms. The zero-order valence-electron chi connectivity index (χ0n) is 11.0. The minimum absolute atomic E-state index is 0.495. The number of hydrogen-bond acceptors (Lipinski definition) is 0. The van der Waals surface area contributed by atoms with Crippen LogP contribution in [0.4, 0.5) is 0 Å². The Labute approximate surface area is 129 Å². The maximum absolute atomic E-state index is 5.91. The lowest BCUT2D eigenvalue weighted by Crippen LogP contribution is -2.53. The fraction of sp³-hybridized carbons (Fsp3) is 0.467. The molecule has 0 radical (unpaired) electrons. The zero-order valence-corrected chi connectivity index (χ0v) is 13.9. The molecule has 1 aromatic rings. The minimum atomic E-state index is 0.495. The van der Waals surface area contributed by atoms with Gasteiger partial charge in [-0.2, -0.15) is 0 Å². The molecule has 98 valence electrons. The quantitative estimate of drug-likeness (QED) is 0.230. The molecule has 0 saturated carbocycles. The van der Waals surface area contributed by atoms with Crippen LogP contribution in [-0.2, 0) is 6.42 Å². The number of rotatable bonds is 6. The Hall–Kier alpha value is -0.240. The Kier molecular flexibility index (Phi) is 6.48. The SMILES string of the molecule is C#CC[N+](CC)(CC)C(I)Cc1ccc(Cl)cc1. The van der Waals surface area contributed by atoms with Gasteiger partial charge in [-0.05, 0) is 60.1 Å². The predicted molar refractivity (Wildman–Crippen MR) is 88.0 cm³/mol. The highest BCUT2D eigenvalue weighted by molar-refractivity contribution is 14.1. The van der Waals surface area contributed by atoms with Crippen LogP contribution >= 0.6 is 34.2 Å². The van der Waals surface area contributed by atoms with Gasteiger partial charge in [0.1, 0.15) is 10.6 Å². The van der Waals surface area contributed by atoms with Crippen molar-refractivity contribution in [2.45, 2.75) is 24.3 Å².